The number of methoxy groups -OCH3 is 1. The highest BCUT2D eigenvalue weighted by Gasteiger charge is 2.16. The largest absolute Gasteiger partial charge is 0.378 e. The van der Waals surface area contributed by atoms with Gasteiger partial charge in [0.05, 0.1) is 22.2 Å². The van der Waals surface area contributed by atoms with Gasteiger partial charge >= 0.3 is 0 Å². The molecule has 0 atom stereocenters. The molecule has 1 N–H and O–H groups in total. The van der Waals surface area contributed by atoms with Gasteiger partial charge in [0, 0.05) is 13.7 Å². The summed E-state index contributed by atoms with van der Waals surface area (Å²) in [7, 11) is 1.68. The maximum atomic E-state index is 5.19. The Morgan fingerprint density at radius 2 is 2.06 bits per heavy atom. The zero-order valence-corrected chi connectivity index (χ0v) is 12.3. The van der Waals surface area contributed by atoms with Crippen LogP contribution in [0.3, 0.4) is 0 Å². The molecule has 2 rings (SSSR count). The van der Waals surface area contributed by atoms with Gasteiger partial charge in [0.15, 0.2) is 5.01 Å². The van der Waals surface area contributed by atoms with E-state index >= 15 is 0 Å². The van der Waals surface area contributed by atoms with Crippen LogP contribution in [0, 0.1) is 0 Å². The summed E-state index contributed by atoms with van der Waals surface area (Å²) in [5, 5.41) is 14.4. The SMILES string of the molecule is CCNc1nnc(-c2sc(CC)nc2COC)s1. The second kappa shape index (κ2) is 6.21. The monoisotopic (exact) mass is 284 g/mol. The molecule has 0 aromatic carbocycles. The topological polar surface area (TPSA) is 59.9 Å². The number of aryl methyl sites for hydroxylation is 1. The van der Waals surface area contributed by atoms with Gasteiger partial charge in [-0.1, -0.05) is 18.3 Å². The van der Waals surface area contributed by atoms with E-state index in [1.54, 1.807) is 29.8 Å². The number of nitrogens with one attached hydrogen (secondary N) is 1. The lowest BCUT2D eigenvalue weighted by Crippen LogP contribution is -1.94. The van der Waals surface area contributed by atoms with Crippen LogP contribution in [-0.4, -0.2) is 28.8 Å². The Bertz CT molecular complexity index is 509. The number of thiazole rings is 1. The molecule has 0 amide bonds. The van der Waals surface area contributed by atoms with Crippen molar-refractivity contribution in [2.45, 2.75) is 26.9 Å². The molecule has 2 aromatic rings. The fourth-order valence-corrected chi connectivity index (χ4v) is 3.40. The summed E-state index contributed by atoms with van der Waals surface area (Å²) in [5.41, 5.74) is 0.957. The van der Waals surface area contributed by atoms with Crippen LogP contribution in [0.15, 0.2) is 0 Å². The Morgan fingerprint density at radius 3 is 2.72 bits per heavy atom. The highest BCUT2D eigenvalue weighted by atomic mass is 32.1. The van der Waals surface area contributed by atoms with E-state index in [2.05, 4.69) is 27.4 Å². The highest BCUT2D eigenvalue weighted by Crippen LogP contribution is 2.34. The number of nitrogens with zero attached hydrogens (tertiary/aromatic N) is 3. The minimum atomic E-state index is 0.516. The number of hydrogen-bond donors (Lipinski definition) is 1. The second-order valence-corrected chi connectivity index (χ2v) is 5.67. The summed E-state index contributed by atoms with van der Waals surface area (Å²) >= 11 is 3.23. The fourth-order valence-electron chi connectivity index (χ4n) is 1.49. The van der Waals surface area contributed by atoms with Gasteiger partial charge in [-0.2, -0.15) is 0 Å². The molecule has 0 unspecified atom stereocenters. The number of anilines is 1. The van der Waals surface area contributed by atoms with E-state index in [1.807, 2.05) is 6.92 Å². The summed E-state index contributed by atoms with van der Waals surface area (Å²) in [6, 6.07) is 0. The summed E-state index contributed by atoms with van der Waals surface area (Å²) in [5.74, 6) is 0. The van der Waals surface area contributed by atoms with E-state index < -0.39 is 0 Å². The van der Waals surface area contributed by atoms with E-state index in [0.29, 0.717) is 6.61 Å². The van der Waals surface area contributed by atoms with Crippen molar-refractivity contribution in [2.24, 2.45) is 0 Å². The molecule has 0 saturated heterocycles. The molecule has 2 heterocycles. The van der Waals surface area contributed by atoms with Crippen molar-refractivity contribution in [1.29, 1.82) is 0 Å². The smallest absolute Gasteiger partial charge is 0.206 e. The normalized spacial score (nSPS) is 10.8. The third-order valence-corrected chi connectivity index (χ3v) is 4.55. The Hall–Kier alpha value is -1.05. The Kier molecular flexibility index (Phi) is 4.62. The van der Waals surface area contributed by atoms with Crippen LogP contribution >= 0.6 is 22.7 Å². The first kappa shape index (κ1) is 13.4. The summed E-state index contributed by atoms with van der Waals surface area (Å²) in [4.78, 5) is 5.64. The average Bonchev–Trinajstić information content (AvgIpc) is 2.96. The molecule has 5 nitrogen and oxygen atoms in total. The molecule has 0 radical (unpaired) electrons. The Morgan fingerprint density at radius 1 is 1.22 bits per heavy atom. The van der Waals surface area contributed by atoms with Gasteiger partial charge in [0.25, 0.3) is 0 Å². The minimum Gasteiger partial charge on any atom is -0.378 e. The van der Waals surface area contributed by atoms with Crippen LogP contribution < -0.4 is 5.32 Å². The quantitative estimate of drug-likeness (QED) is 0.884. The van der Waals surface area contributed by atoms with E-state index in [0.717, 1.165) is 38.7 Å². The van der Waals surface area contributed by atoms with Crippen LogP contribution in [-0.2, 0) is 17.8 Å². The predicted octanol–water partition coefficient (Wildman–Crippen LogP) is 2.80. The van der Waals surface area contributed by atoms with E-state index in [-0.39, 0.29) is 0 Å². The Labute approximate surface area is 114 Å². The van der Waals surface area contributed by atoms with Gasteiger partial charge < -0.3 is 10.1 Å². The molecule has 98 valence electrons. The molecule has 2 aromatic heterocycles. The maximum absolute atomic E-state index is 5.19. The van der Waals surface area contributed by atoms with Gasteiger partial charge in [-0.05, 0) is 13.3 Å². The number of ether oxygens (including phenoxy) is 1. The molecule has 0 aliphatic heterocycles. The van der Waals surface area contributed by atoms with Crippen molar-refractivity contribution in [2.75, 3.05) is 19.0 Å². The molecule has 7 heteroatoms. The summed E-state index contributed by atoms with van der Waals surface area (Å²) < 4.78 is 5.19. The number of rotatable bonds is 6. The molecule has 0 aliphatic carbocycles. The van der Waals surface area contributed by atoms with Crippen molar-refractivity contribution < 1.29 is 4.74 Å². The molecule has 0 aliphatic rings. The van der Waals surface area contributed by atoms with Crippen LogP contribution in [0.25, 0.3) is 9.88 Å². The van der Waals surface area contributed by atoms with Crippen molar-refractivity contribution >= 4 is 27.8 Å². The number of hydrogen-bond acceptors (Lipinski definition) is 7. The molecule has 0 fully saturated rings. The second-order valence-electron chi connectivity index (χ2n) is 3.61. The third kappa shape index (κ3) is 2.85. The molecule has 0 saturated carbocycles. The van der Waals surface area contributed by atoms with Crippen LogP contribution in [0.4, 0.5) is 5.13 Å². The molecule has 0 bridgehead atoms. The summed E-state index contributed by atoms with van der Waals surface area (Å²) in [6.45, 7) is 5.51. The van der Waals surface area contributed by atoms with Gasteiger partial charge in [0.2, 0.25) is 5.13 Å². The van der Waals surface area contributed by atoms with Crippen molar-refractivity contribution in [1.82, 2.24) is 15.2 Å². The first-order valence-corrected chi connectivity index (χ1v) is 7.47. The minimum absolute atomic E-state index is 0.516. The van der Waals surface area contributed by atoms with Gasteiger partial charge in [0.1, 0.15) is 0 Å². The van der Waals surface area contributed by atoms with E-state index in [4.69, 9.17) is 4.74 Å². The van der Waals surface area contributed by atoms with Gasteiger partial charge in [-0.15, -0.1) is 21.5 Å². The first-order valence-electron chi connectivity index (χ1n) is 5.83. The van der Waals surface area contributed by atoms with Gasteiger partial charge in [-0.3, -0.25) is 0 Å². The van der Waals surface area contributed by atoms with Crippen LogP contribution in [0.2, 0.25) is 0 Å². The maximum Gasteiger partial charge on any atom is 0.206 e. The fraction of sp³-hybridized carbons (Fsp3) is 0.545. The highest BCUT2D eigenvalue weighted by molar-refractivity contribution is 7.23. The van der Waals surface area contributed by atoms with Crippen molar-refractivity contribution in [3.8, 4) is 9.88 Å². The molecule has 0 spiro atoms. The number of aromatic nitrogens is 3. The van der Waals surface area contributed by atoms with Crippen LogP contribution in [0.5, 0.6) is 0 Å². The average molecular weight is 284 g/mol. The molecular weight excluding hydrogens is 268 g/mol. The first-order chi connectivity index (χ1) is 8.78. The Balaban J connectivity index is 2.31. The van der Waals surface area contributed by atoms with Gasteiger partial charge in [-0.25, -0.2) is 4.98 Å². The predicted molar refractivity (Wildman–Crippen MR) is 75.3 cm³/mol. The summed E-state index contributed by atoms with van der Waals surface area (Å²) in [6.07, 6.45) is 0.931. The third-order valence-electron chi connectivity index (χ3n) is 2.27. The zero-order valence-electron chi connectivity index (χ0n) is 10.7. The molecule has 18 heavy (non-hydrogen) atoms. The van der Waals surface area contributed by atoms with E-state index in [9.17, 15) is 0 Å². The lowest BCUT2D eigenvalue weighted by molar-refractivity contribution is 0.182. The lowest BCUT2D eigenvalue weighted by Gasteiger charge is -1.96. The standard InChI is InChI=1S/C11H16N4OS2/c1-4-8-13-7(6-16-3)9(17-8)10-14-15-11(18-10)12-5-2/h4-6H2,1-3H3,(H,12,15). The lowest BCUT2D eigenvalue weighted by atomic mass is 10.4. The zero-order chi connectivity index (χ0) is 13.0. The van der Waals surface area contributed by atoms with Crippen LogP contribution in [0.1, 0.15) is 24.5 Å². The van der Waals surface area contributed by atoms with E-state index in [1.165, 1.54) is 0 Å². The van der Waals surface area contributed by atoms with Crippen molar-refractivity contribution in [3.05, 3.63) is 10.7 Å². The molecular formula is C11H16N4OS2. The van der Waals surface area contributed by atoms with Crippen molar-refractivity contribution in [3.63, 3.8) is 0 Å².